The number of rotatable bonds is 5. The Balaban J connectivity index is 2.11. The fourth-order valence-electron chi connectivity index (χ4n) is 2.61. The Hall–Kier alpha value is -3.22. The number of hydrogen-bond donors (Lipinski definition) is 1. The average molecular weight is 352 g/mol. The molecule has 134 valence electrons. The number of aromatic nitrogens is 3. The Morgan fingerprint density at radius 1 is 1.23 bits per heavy atom. The van der Waals surface area contributed by atoms with Gasteiger partial charge in [0.15, 0.2) is 11.3 Å². The first-order valence-corrected chi connectivity index (χ1v) is 8.29. The highest BCUT2D eigenvalue weighted by Crippen LogP contribution is 2.14. The van der Waals surface area contributed by atoms with E-state index in [-0.39, 0.29) is 18.3 Å². The second-order valence-electron chi connectivity index (χ2n) is 6.17. The number of nitrogens with one attached hydrogen (secondary N) is 1. The zero-order valence-electron chi connectivity index (χ0n) is 14.9. The van der Waals surface area contributed by atoms with Crippen molar-refractivity contribution in [2.24, 2.45) is 0 Å². The van der Waals surface area contributed by atoms with Gasteiger partial charge in [0.1, 0.15) is 11.3 Å². The predicted octanol–water partition coefficient (Wildman–Crippen LogP) is 1.99. The number of nitrogens with zero attached hydrogens (tertiary/aromatic N) is 3. The van der Waals surface area contributed by atoms with Gasteiger partial charge in [-0.1, -0.05) is 12.1 Å². The number of methoxy groups -OCH3 is 1. The van der Waals surface area contributed by atoms with E-state index in [0.717, 1.165) is 11.3 Å². The van der Waals surface area contributed by atoms with E-state index in [1.807, 2.05) is 38.1 Å². The van der Waals surface area contributed by atoms with Gasteiger partial charge in [0.2, 0.25) is 0 Å². The largest absolute Gasteiger partial charge is 0.497 e. The Morgan fingerprint density at radius 2 is 1.96 bits per heavy atom. The number of carbonyl (C=O) groups is 1. The summed E-state index contributed by atoms with van der Waals surface area (Å²) in [5, 5.41) is 2.72. The molecule has 2 heterocycles. The van der Waals surface area contributed by atoms with Gasteiger partial charge in [-0.05, 0) is 43.7 Å². The molecule has 0 aliphatic heterocycles. The van der Waals surface area contributed by atoms with E-state index >= 15 is 0 Å². The minimum absolute atomic E-state index is 0.0941. The second-order valence-corrected chi connectivity index (χ2v) is 6.17. The van der Waals surface area contributed by atoms with Crippen molar-refractivity contribution in [2.45, 2.75) is 26.4 Å². The number of hydrogen-bond acceptors (Lipinski definition) is 5. The van der Waals surface area contributed by atoms with Gasteiger partial charge in [-0.2, -0.15) is 0 Å². The summed E-state index contributed by atoms with van der Waals surface area (Å²) in [4.78, 5) is 33.8. The number of pyridine rings is 1. The van der Waals surface area contributed by atoms with Crippen LogP contribution in [0, 0.1) is 0 Å². The van der Waals surface area contributed by atoms with Crippen LogP contribution in [0.2, 0.25) is 0 Å². The lowest BCUT2D eigenvalue weighted by Gasteiger charge is -2.13. The molecule has 1 amide bonds. The Kier molecular flexibility index (Phi) is 4.97. The molecule has 0 atom stereocenters. The van der Waals surface area contributed by atoms with Crippen LogP contribution in [0.1, 0.15) is 29.9 Å². The minimum Gasteiger partial charge on any atom is -0.497 e. The summed E-state index contributed by atoms with van der Waals surface area (Å²) < 4.78 is 6.63. The highest BCUT2D eigenvalue weighted by atomic mass is 16.5. The molecule has 0 aliphatic carbocycles. The highest BCUT2D eigenvalue weighted by molar-refractivity contribution is 5.93. The average Bonchev–Trinajstić information content (AvgIpc) is 2.63. The molecular weight excluding hydrogens is 332 g/mol. The lowest BCUT2D eigenvalue weighted by atomic mass is 10.2. The SMILES string of the molecule is COc1ccc(Cn2c(=O)c(C(=O)NC(C)C)nc3cccnc32)cc1. The number of ether oxygens (including phenoxy) is 1. The van der Waals surface area contributed by atoms with Crippen molar-refractivity contribution in [3.63, 3.8) is 0 Å². The number of amides is 1. The summed E-state index contributed by atoms with van der Waals surface area (Å²) >= 11 is 0. The molecular formula is C19H20N4O3. The monoisotopic (exact) mass is 352 g/mol. The summed E-state index contributed by atoms with van der Waals surface area (Å²) in [6.45, 7) is 3.94. The standard InChI is InChI=1S/C19H20N4O3/c1-12(2)21-18(24)16-19(25)23(17-15(22-16)5-4-10-20-17)11-13-6-8-14(26-3)9-7-13/h4-10,12H,11H2,1-3H3,(H,21,24). The van der Waals surface area contributed by atoms with Gasteiger partial charge < -0.3 is 10.1 Å². The minimum atomic E-state index is -0.487. The molecule has 1 aromatic carbocycles. The molecule has 0 spiro atoms. The number of benzene rings is 1. The number of fused-ring (bicyclic) bond motifs is 1. The maximum Gasteiger partial charge on any atom is 0.284 e. The van der Waals surface area contributed by atoms with Crippen LogP contribution in [0.4, 0.5) is 0 Å². The molecule has 1 N–H and O–H groups in total. The van der Waals surface area contributed by atoms with Crippen molar-refractivity contribution in [1.82, 2.24) is 19.9 Å². The Bertz CT molecular complexity index is 994. The van der Waals surface area contributed by atoms with E-state index in [2.05, 4.69) is 15.3 Å². The van der Waals surface area contributed by atoms with Gasteiger partial charge in [0, 0.05) is 12.2 Å². The molecule has 0 saturated heterocycles. The topological polar surface area (TPSA) is 86.1 Å². The van der Waals surface area contributed by atoms with E-state index in [1.54, 1.807) is 25.4 Å². The van der Waals surface area contributed by atoms with Crippen LogP contribution in [-0.2, 0) is 6.54 Å². The quantitative estimate of drug-likeness (QED) is 0.759. The first kappa shape index (κ1) is 17.6. The van der Waals surface area contributed by atoms with E-state index in [4.69, 9.17) is 4.74 Å². The fraction of sp³-hybridized carbons (Fsp3) is 0.263. The van der Waals surface area contributed by atoms with E-state index < -0.39 is 11.5 Å². The van der Waals surface area contributed by atoms with Crippen molar-refractivity contribution in [2.75, 3.05) is 7.11 Å². The van der Waals surface area contributed by atoms with E-state index in [1.165, 1.54) is 4.57 Å². The fourth-order valence-corrected chi connectivity index (χ4v) is 2.61. The lowest BCUT2D eigenvalue weighted by molar-refractivity contribution is 0.0936. The molecule has 0 unspecified atom stereocenters. The smallest absolute Gasteiger partial charge is 0.284 e. The third-order valence-corrected chi connectivity index (χ3v) is 3.84. The molecule has 0 fully saturated rings. The summed E-state index contributed by atoms with van der Waals surface area (Å²) in [6, 6.07) is 10.7. The third kappa shape index (κ3) is 3.56. The van der Waals surface area contributed by atoms with Crippen LogP contribution in [0.3, 0.4) is 0 Å². The van der Waals surface area contributed by atoms with Gasteiger partial charge in [-0.25, -0.2) is 9.97 Å². The van der Waals surface area contributed by atoms with Crippen LogP contribution in [0.25, 0.3) is 11.2 Å². The Labute approximate surface area is 150 Å². The number of carbonyl (C=O) groups excluding carboxylic acids is 1. The maximum atomic E-state index is 12.9. The van der Waals surface area contributed by atoms with Crippen molar-refractivity contribution < 1.29 is 9.53 Å². The molecule has 0 bridgehead atoms. The molecule has 7 heteroatoms. The second kappa shape index (κ2) is 7.35. The van der Waals surface area contributed by atoms with Gasteiger partial charge in [0.25, 0.3) is 11.5 Å². The molecule has 26 heavy (non-hydrogen) atoms. The molecule has 0 aliphatic rings. The molecule has 0 radical (unpaired) electrons. The van der Waals surface area contributed by atoms with E-state index in [9.17, 15) is 9.59 Å². The highest BCUT2D eigenvalue weighted by Gasteiger charge is 2.18. The molecule has 3 aromatic rings. The lowest BCUT2D eigenvalue weighted by Crippen LogP contribution is -2.38. The van der Waals surface area contributed by atoms with Crippen LogP contribution >= 0.6 is 0 Å². The Morgan fingerprint density at radius 3 is 2.62 bits per heavy atom. The molecule has 0 saturated carbocycles. The van der Waals surface area contributed by atoms with Crippen molar-refractivity contribution in [3.05, 3.63) is 64.2 Å². The zero-order valence-corrected chi connectivity index (χ0v) is 14.9. The maximum absolute atomic E-state index is 12.9. The summed E-state index contributed by atoms with van der Waals surface area (Å²) in [5.41, 5.74) is 1.23. The van der Waals surface area contributed by atoms with E-state index in [0.29, 0.717) is 11.2 Å². The van der Waals surface area contributed by atoms with Crippen LogP contribution in [0.5, 0.6) is 5.75 Å². The van der Waals surface area contributed by atoms with Gasteiger partial charge in [-0.3, -0.25) is 14.2 Å². The predicted molar refractivity (Wildman–Crippen MR) is 98.5 cm³/mol. The zero-order chi connectivity index (χ0) is 18.7. The van der Waals surface area contributed by atoms with Crippen LogP contribution in [0.15, 0.2) is 47.4 Å². The van der Waals surface area contributed by atoms with Crippen molar-refractivity contribution in [3.8, 4) is 5.75 Å². The first-order chi connectivity index (χ1) is 12.5. The molecule has 7 nitrogen and oxygen atoms in total. The summed E-state index contributed by atoms with van der Waals surface area (Å²) in [5.74, 6) is 0.245. The third-order valence-electron chi connectivity index (χ3n) is 3.84. The molecule has 3 rings (SSSR count). The van der Waals surface area contributed by atoms with Gasteiger partial charge in [-0.15, -0.1) is 0 Å². The van der Waals surface area contributed by atoms with Crippen LogP contribution < -0.4 is 15.6 Å². The van der Waals surface area contributed by atoms with Crippen LogP contribution in [-0.4, -0.2) is 33.6 Å². The first-order valence-electron chi connectivity index (χ1n) is 8.29. The van der Waals surface area contributed by atoms with Crippen molar-refractivity contribution >= 4 is 17.1 Å². The summed E-state index contributed by atoms with van der Waals surface area (Å²) in [6.07, 6.45) is 1.60. The summed E-state index contributed by atoms with van der Waals surface area (Å²) in [7, 11) is 1.60. The van der Waals surface area contributed by atoms with Gasteiger partial charge in [0.05, 0.1) is 13.7 Å². The normalized spacial score (nSPS) is 10.9. The van der Waals surface area contributed by atoms with Crippen molar-refractivity contribution in [1.29, 1.82) is 0 Å². The van der Waals surface area contributed by atoms with Gasteiger partial charge >= 0.3 is 0 Å². The molecule has 2 aromatic heterocycles.